The number of ether oxygens (including phenoxy) is 1. The molecule has 0 unspecified atom stereocenters. The van der Waals surface area contributed by atoms with E-state index in [1.165, 1.54) is 6.07 Å². The van der Waals surface area contributed by atoms with Crippen LogP contribution in [0.25, 0.3) is 11.0 Å². The number of benzene rings is 3. The van der Waals surface area contributed by atoms with Gasteiger partial charge in [0.15, 0.2) is 17.0 Å². The number of rotatable bonds is 5. The van der Waals surface area contributed by atoms with Crippen molar-refractivity contribution >= 4 is 40.1 Å². The predicted octanol–water partition coefficient (Wildman–Crippen LogP) is 5.61. The minimum Gasteiger partial charge on any atom is -0.425 e. The van der Waals surface area contributed by atoms with Crippen molar-refractivity contribution in [3.05, 3.63) is 111 Å². The first-order chi connectivity index (χ1) is 17.4. The van der Waals surface area contributed by atoms with Crippen molar-refractivity contribution in [3.63, 3.8) is 0 Å². The zero-order valence-electron chi connectivity index (χ0n) is 19.1. The smallest absolute Gasteiger partial charge is 0.347 e. The third-order valence-electron chi connectivity index (χ3n) is 7.61. The normalized spacial score (nSPS) is 23.9. The van der Waals surface area contributed by atoms with Crippen molar-refractivity contribution in [2.75, 3.05) is 0 Å². The van der Waals surface area contributed by atoms with Gasteiger partial charge in [0.2, 0.25) is 0 Å². The predicted molar refractivity (Wildman–Crippen MR) is 133 cm³/mol. The lowest BCUT2D eigenvalue weighted by Gasteiger charge is -2.23. The molecule has 0 radical (unpaired) electrons. The summed E-state index contributed by atoms with van der Waals surface area (Å²) in [5.74, 6) is -2.47. The minimum absolute atomic E-state index is 0.174. The van der Waals surface area contributed by atoms with Crippen molar-refractivity contribution in [1.82, 2.24) is 0 Å². The monoisotopic (exact) mass is 498 g/mol. The molecule has 1 saturated carbocycles. The van der Waals surface area contributed by atoms with Crippen LogP contribution in [0.2, 0.25) is 5.02 Å². The van der Waals surface area contributed by atoms with Crippen LogP contribution in [0.4, 0.5) is 0 Å². The molecule has 36 heavy (non-hydrogen) atoms. The van der Waals surface area contributed by atoms with Gasteiger partial charge in [-0.1, -0.05) is 54.9 Å². The maximum Gasteiger partial charge on any atom is 0.347 e. The molecule has 178 valence electrons. The van der Waals surface area contributed by atoms with E-state index in [1.807, 2.05) is 0 Å². The standard InChI is InChI=1S/C29H19ClO6/c1-2-28(24(31)16-11-13-18(30)14-12-16)23-19-8-4-6-10-22(19)36-27(34)29(23,28)25(32)20-15-17-7-3-5-9-21(17)35-26(20)33/h3-15,23H,2H2,1H3/t23-,28-,29-/m1/s1. The number of hydrogen-bond donors (Lipinski definition) is 0. The van der Waals surface area contributed by atoms with Crippen molar-refractivity contribution in [3.8, 4) is 5.75 Å². The first-order valence-corrected chi connectivity index (χ1v) is 11.9. The first kappa shape index (κ1) is 22.4. The van der Waals surface area contributed by atoms with E-state index in [1.54, 1.807) is 79.7 Å². The number of ketones is 2. The lowest BCUT2D eigenvalue weighted by Crippen LogP contribution is -2.41. The summed E-state index contributed by atoms with van der Waals surface area (Å²) in [6.45, 7) is 1.76. The highest BCUT2D eigenvalue weighted by Crippen LogP contribution is 2.80. The van der Waals surface area contributed by atoms with Crippen LogP contribution in [0.15, 0.2) is 88.1 Å². The SMILES string of the molecule is CC[C@]1(C(=O)c2ccc(Cl)cc2)[C@H]2c3ccccc3OC(=O)[C@]21C(=O)c1cc2ccccc2oc1=O. The van der Waals surface area contributed by atoms with E-state index in [2.05, 4.69) is 0 Å². The van der Waals surface area contributed by atoms with Gasteiger partial charge in [0, 0.05) is 27.5 Å². The van der Waals surface area contributed by atoms with Gasteiger partial charge in [-0.15, -0.1) is 0 Å². The fraction of sp³-hybridized carbons (Fsp3) is 0.172. The number of esters is 1. The van der Waals surface area contributed by atoms with Gasteiger partial charge in [-0.3, -0.25) is 14.4 Å². The summed E-state index contributed by atoms with van der Waals surface area (Å²) in [7, 11) is 0. The zero-order chi connectivity index (χ0) is 25.2. The summed E-state index contributed by atoms with van der Waals surface area (Å²) in [6.07, 6.45) is 0.174. The fourth-order valence-electron chi connectivity index (χ4n) is 6.00. The Kier molecular flexibility index (Phi) is 4.82. The fourth-order valence-corrected chi connectivity index (χ4v) is 6.12. The topological polar surface area (TPSA) is 90.7 Å². The number of Topliss-reactive ketones (excluding diaryl/α,β-unsaturated/α-hetero) is 2. The zero-order valence-corrected chi connectivity index (χ0v) is 19.9. The molecule has 0 spiro atoms. The van der Waals surface area contributed by atoms with E-state index in [9.17, 15) is 19.2 Å². The molecule has 1 aliphatic carbocycles. The van der Waals surface area contributed by atoms with Gasteiger partial charge < -0.3 is 9.15 Å². The molecule has 0 N–H and O–H groups in total. The van der Waals surface area contributed by atoms with E-state index in [0.29, 0.717) is 32.9 Å². The quantitative estimate of drug-likeness (QED) is 0.117. The van der Waals surface area contributed by atoms with E-state index in [4.69, 9.17) is 20.8 Å². The van der Waals surface area contributed by atoms with E-state index >= 15 is 0 Å². The Bertz CT molecular complexity index is 1650. The van der Waals surface area contributed by atoms with Crippen LogP contribution in [0, 0.1) is 10.8 Å². The molecule has 2 aliphatic rings. The van der Waals surface area contributed by atoms with Crippen LogP contribution in [0.1, 0.15) is 45.5 Å². The molecule has 6 rings (SSSR count). The first-order valence-electron chi connectivity index (χ1n) is 11.6. The van der Waals surface area contributed by atoms with Crippen LogP contribution in [0.5, 0.6) is 5.75 Å². The maximum absolute atomic E-state index is 14.3. The number of halogens is 1. The molecular formula is C29H19ClO6. The van der Waals surface area contributed by atoms with Crippen molar-refractivity contribution in [2.45, 2.75) is 19.3 Å². The van der Waals surface area contributed by atoms with E-state index < -0.39 is 34.1 Å². The Labute approximate surface area is 210 Å². The highest BCUT2D eigenvalue weighted by Gasteiger charge is 2.89. The molecule has 3 atom stereocenters. The second kappa shape index (κ2) is 7.73. The van der Waals surface area contributed by atoms with Gasteiger partial charge in [-0.25, -0.2) is 4.79 Å². The summed E-state index contributed by atoms with van der Waals surface area (Å²) < 4.78 is 11.1. The Hall–Kier alpha value is -4.03. The number of carbonyl (C=O) groups excluding carboxylic acids is 3. The maximum atomic E-state index is 14.3. The van der Waals surface area contributed by atoms with Gasteiger partial charge in [0.25, 0.3) is 0 Å². The van der Waals surface area contributed by atoms with Crippen LogP contribution in [-0.4, -0.2) is 17.5 Å². The third kappa shape index (κ3) is 2.73. The molecule has 2 heterocycles. The minimum atomic E-state index is -1.90. The average molecular weight is 499 g/mol. The molecule has 6 nitrogen and oxygen atoms in total. The number of carbonyl (C=O) groups is 3. The van der Waals surface area contributed by atoms with Gasteiger partial charge in [-0.05, 0) is 48.9 Å². The van der Waals surface area contributed by atoms with E-state index in [0.717, 1.165) is 0 Å². The summed E-state index contributed by atoms with van der Waals surface area (Å²) in [4.78, 5) is 55.1. The molecule has 0 amide bonds. The third-order valence-corrected chi connectivity index (χ3v) is 7.87. The number of fused-ring (bicyclic) bond motifs is 4. The summed E-state index contributed by atoms with van der Waals surface area (Å²) in [5.41, 5.74) is -3.27. The van der Waals surface area contributed by atoms with E-state index in [-0.39, 0.29) is 17.8 Å². The lowest BCUT2D eigenvalue weighted by atomic mass is 9.79. The Morgan fingerprint density at radius 1 is 0.917 bits per heavy atom. The Morgan fingerprint density at radius 2 is 1.61 bits per heavy atom. The average Bonchev–Trinajstić information content (AvgIpc) is 3.54. The van der Waals surface area contributed by atoms with Gasteiger partial charge >= 0.3 is 11.6 Å². The molecule has 1 aromatic heterocycles. The van der Waals surface area contributed by atoms with Gasteiger partial charge in [0.05, 0.1) is 5.41 Å². The molecule has 1 fully saturated rings. The molecule has 4 aromatic rings. The number of hydrogen-bond acceptors (Lipinski definition) is 6. The Morgan fingerprint density at radius 3 is 2.36 bits per heavy atom. The highest BCUT2D eigenvalue weighted by molar-refractivity contribution is 6.31. The second-order valence-electron chi connectivity index (χ2n) is 9.14. The molecule has 1 aliphatic heterocycles. The van der Waals surface area contributed by atoms with Crippen LogP contribution >= 0.6 is 11.6 Å². The molecule has 0 saturated heterocycles. The molecule has 0 bridgehead atoms. The number of para-hydroxylation sites is 2. The summed E-state index contributed by atoms with van der Waals surface area (Å²) in [6, 6.07) is 21.4. The van der Waals surface area contributed by atoms with Crippen LogP contribution in [-0.2, 0) is 4.79 Å². The molecular weight excluding hydrogens is 480 g/mol. The van der Waals surface area contributed by atoms with Gasteiger partial charge in [-0.2, -0.15) is 0 Å². The molecule has 7 heteroatoms. The van der Waals surface area contributed by atoms with Crippen molar-refractivity contribution in [1.29, 1.82) is 0 Å². The largest absolute Gasteiger partial charge is 0.425 e. The van der Waals surface area contributed by atoms with Crippen molar-refractivity contribution < 1.29 is 23.5 Å². The summed E-state index contributed by atoms with van der Waals surface area (Å²) >= 11 is 6.03. The van der Waals surface area contributed by atoms with Gasteiger partial charge in [0.1, 0.15) is 16.9 Å². The summed E-state index contributed by atoms with van der Waals surface area (Å²) in [5, 5.41) is 0.986. The Balaban J connectivity index is 1.60. The van der Waals surface area contributed by atoms with Crippen LogP contribution in [0.3, 0.4) is 0 Å². The van der Waals surface area contributed by atoms with Crippen LogP contribution < -0.4 is 10.4 Å². The second-order valence-corrected chi connectivity index (χ2v) is 9.58. The van der Waals surface area contributed by atoms with Crippen molar-refractivity contribution in [2.24, 2.45) is 10.8 Å². The lowest BCUT2D eigenvalue weighted by molar-refractivity contribution is -0.140. The molecule has 3 aromatic carbocycles. The highest BCUT2D eigenvalue weighted by atomic mass is 35.5.